The minimum atomic E-state index is -4.33. The number of hydrogen-bond donors (Lipinski definition) is 2. The number of esters is 2. The maximum absolute atomic E-state index is 12.1. The molecule has 0 saturated carbocycles. The molecule has 2 atom stereocenters. The molecule has 10 heteroatoms. The van der Waals surface area contributed by atoms with E-state index in [0.29, 0.717) is 6.42 Å². The standard InChI is InChI=1S/C24H44NO8P/c1-3-4-5-6-7-8-9-10-11-12-13-14-15-16-17-24(27)33-23(20-30-22(2)26)21-32-34(28,29)31-19-18-25/h6-7,9-10,23H,3-5,8,11-21,25H2,1-2H3,(H,28,29)/b7-6-,10-9-. The highest BCUT2D eigenvalue weighted by atomic mass is 31.2. The number of hydrogen-bond acceptors (Lipinski definition) is 8. The van der Waals surface area contributed by atoms with Gasteiger partial charge in [0.2, 0.25) is 0 Å². The van der Waals surface area contributed by atoms with Gasteiger partial charge in [-0.1, -0.05) is 63.3 Å². The van der Waals surface area contributed by atoms with Crippen LogP contribution in [0.4, 0.5) is 0 Å². The zero-order valence-electron chi connectivity index (χ0n) is 20.8. The molecule has 0 aromatic rings. The first kappa shape index (κ1) is 32.5. The zero-order valence-corrected chi connectivity index (χ0v) is 21.7. The molecule has 9 nitrogen and oxygen atoms in total. The van der Waals surface area contributed by atoms with Crippen LogP contribution in [0, 0.1) is 0 Å². The Morgan fingerprint density at radius 2 is 1.59 bits per heavy atom. The van der Waals surface area contributed by atoms with Crippen molar-refractivity contribution in [3.63, 3.8) is 0 Å². The summed E-state index contributed by atoms with van der Waals surface area (Å²) in [4.78, 5) is 32.7. The van der Waals surface area contributed by atoms with Gasteiger partial charge in [-0.05, 0) is 32.1 Å². The lowest BCUT2D eigenvalue weighted by Crippen LogP contribution is -2.29. The molecule has 0 rings (SSSR count). The molecule has 0 spiro atoms. The molecule has 0 amide bonds. The van der Waals surface area contributed by atoms with Crippen molar-refractivity contribution in [1.29, 1.82) is 0 Å². The van der Waals surface area contributed by atoms with Gasteiger partial charge in [0.15, 0.2) is 6.10 Å². The number of ether oxygens (including phenoxy) is 2. The van der Waals surface area contributed by atoms with Crippen molar-refractivity contribution in [2.24, 2.45) is 5.73 Å². The Kier molecular flexibility index (Phi) is 21.0. The van der Waals surface area contributed by atoms with Crippen LogP contribution in [0.5, 0.6) is 0 Å². The van der Waals surface area contributed by atoms with Crippen molar-refractivity contribution in [2.75, 3.05) is 26.4 Å². The van der Waals surface area contributed by atoms with Crippen LogP contribution in [-0.2, 0) is 32.7 Å². The molecule has 2 unspecified atom stereocenters. The molecule has 198 valence electrons. The van der Waals surface area contributed by atoms with E-state index in [1.807, 2.05) is 0 Å². The van der Waals surface area contributed by atoms with Gasteiger partial charge in [0.25, 0.3) is 0 Å². The average Bonchev–Trinajstić information content (AvgIpc) is 2.79. The van der Waals surface area contributed by atoms with Gasteiger partial charge in [0, 0.05) is 19.9 Å². The lowest BCUT2D eigenvalue weighted by molar-refractivity contribution is -0.160. The normalized spacial score (nSPS) is 14.4. The van der Waals surface area contributed by atoms with Gasteiger partial charge >= 0.3 is 19.8 Å². The molecule has 0 aliphatic carbocycles. The molecule has 0 saturated heterocycles. The van der Waals surface area contributed by atoms with Crippen LogP contribution in [0.25, 0.3) is 0 Å². The fourth-order valence-corrected chi connectivity index (χ4v) is 3.61. The van der Waals surface area contributed by atoms with Gasteiger partial charge < -0.3 is 20.1 Å². The molecule has 0 aliphatic rings. The molecule has 0 bridgehead atoms. The average molecular weight is 506 g/mol. The van der Waals surface area contributed by atoms with Crippen LogP contribution < -0.4 is 5.73 Å². The third kappa shape index (κ3) is 22.3. The Balaban J connectivity index is 4.01. The van der Waals surface area contributed by atoms with E-state index >= 15 is 0 Å². The lowest BCUT2D eigenvalue weighted by atomic mass is 10.1. The van der Waals surface area contributed by atoms with E-state index in [1.54, 1.807) is 0 Å². The summed E-state index contributed by atoms with van der Waals surface area (Å²) in [7, 11) is -4.33. The second-order valence-corrected chi connectivity index (χ2v) is 9.38. The highest BCUT2D eigenvalue weighted by Crippen LogP contribution is 2.43. The Hall–Kier alpha value is -1.51. The van der Waals surface area contributed by atoms with Crippen LogP contribution in [0.3, 0.4) is 0 Å². The van der Waals surface area contributed by atoms with Crippen molar-refractivity contribution in [3.8, 4) is 0 Å². The van der Waals surface area contributed by atoms with E-state index in [-0.39, 0.29) is 26.2 Å². The number of carbonyl (C=O) groups excluding carboxylic acids is 2. The van der Waals surface area contributed by atoms with Crippen molar-refractivity contribution >= 4 is 19.8 Å². The van der Waals surface area contributed by atoms with E-state index < -0.39 is 32.5 Å². The van der Waals surface area contributed by atoms with Gasteiger partial charge in [0.05, 0.1) is 13.2 Å². The number of rotatable bonds is 22. The van der Waals surface area contributed by atoms with Gasteiger partial charge in [-0.15, -0.1) is 0 Å². The third-order valence-corrected chi connectivity index (χ3v) is 5.63. The maximum atomic E-state index is 12.1. The molecule has 3 N–H and O–H groups in total. The second-order valence-electron chi connectivity index (χ2n) is 7.93. The summed E-state index contributed by atoms with van der Waals surface area (Å²) in [5, 5.41) is 0. The predicted octanol–water partition coefficient (Wildman–Crippen LogP) is 4.98. The molecule has 0 aromatic heterocycles. The maximum Gasteiger partial charge on any atom is 0.472 e. The quantitative estimate of drug-likeness (QED) is 0.0904. The summed E-state index contributed by atoms with van der Waals surface area (Å²) in [5.41, 5.74) is 5.22. The smallest absolute Gasteiger partial charge is 0.462 e. The predicted molar refractivity (Wildman–Crippen MR) is 132 cm³/mol. The molecule has 0 aliphatic heterocycles. The van der Waals surface area contributed by atoms with E-state index in [4.69, 9.17) is 19.7 Å². The first-order valence-electron chi connectivity index (χ1n) is 12.3. The van der Waals surface area contributed by atoms with Crippen LogP contribution in [-0.4, -0.2) is 49.3 Å². The summed E-state index contributed by atoms with van der Waals surface area (Å²) in [6.07, 6.45) is 18.6. The van der Waals surface area contributed by atoms with Gasteiger partial charge in [-0.25, -0.2) is 4.57 Å². The molecule has 0 aromatic carbocycles. The lowest BCUT2D eigenvalue weighted by Gasteiger charge is -2.19. The van der Waals surface area contributed by atoms with E-state index in [2.05, 4.69) is 35.8 Å². The number of unbranched alkanes of at least 4 members (excludes halogenated alkanes) is 7. The Morgan fingerprint density at radius 1 is 0.941 bits per heavy atom. The van der Waals surface area contributed by atoms with Gasteiger partial charge in [-0.2, -0.15) is 0 Å². The highest BCUT2D eigenvalue weighted by Gasteiger charge is 2.25. The van der Waals surface area contributed by atoms with Crippen molar-refractivity contribution < 1.29 is 37.6 Å². The molecule has 0 heterocycles. The summed E-state index contributed by atoms with van der Waals surface area (Å²) >= 11 is 0. The van der Waals surface area contributed by atoms with Crippen molar-refractivity contribution in [2.45, 2.75) is 90.6 Å². The molecule has 34 heavy (non-hydrogen) atoms. The minimum Gasteiger partial charge on any atom is -0.462 e. The number of carbonyl (C=O) groups is 2. The summed E-state index contributed by atoms with van der Waals surface area (Å²) in [6, 6.07) is 0. The first-order chi connectivity index (χ1) is 16.3. The molecular weight excluding hydrogens is 461 g/mol. The van der Waals surface area contributed by atoms with E-state index in [9.17, 15) is 19.0 Å². The zero-order chi connectivity index (χ0) is 25.5. The summed E-state index contributed by atoms with van der Waals surface area (Å²) < 4.78 is 31.2. The van der Waals surface area contributed by atoms with Gasteiger partial charge in [-0.3, -0.25) is 18.6 Å². The van der Waals surface area contributed by atoms with Gasteiger partial charge in [0.1, 0.15) is 6.61 Å². The Labute approximate surface area is 204 Å². The number of nitrogens with two attached hydrogens (primary N) is 1. The summed E-state index contributed by atoms with van der Waals surface area (Å²) in [5.74, 6) is -1.04. The minimum absolute atomic E-state index is 0.0489. The highest BCUT2D eigenvalue weighted by molar-refractivity contribution is 7.47. The monoisotopic (exact) mass is 505 g/mol. The summed E-state index contributed by atoms with van der Waals surface area (Å²) in [6.45, 7) is 2.57. The van der Waals surface area contributed by atoms with Crippen LogP contribution in [0.1, 0.15) is 84.5 Å². The number of phosphoric ester groups is 1. The second kappa shape index (κ2) is 22.0. The molecular formula is C24H44NO8P. The Morgan fingerprint density at radius 3 is 2.24 bits per heavy atom. The molecule has 0 fully saturated rings. The SMILES string of the molecule is CCCC/C=C\C/C=C\CCCCCCCC(=O)OC(COC(C)=O)COP(=O)(O)OCCN. The fourth-order valence-electron chi connectivity index (χ4n) is 2.84. The van der Waals surface area contributed by atoms with Crippen molar-refractivity contribution in [1.82, 2.24) is 0 Å². The largest absolute Gasteiger partial charge is 0.472 e. The van der Waals surface area contributed by atoms with E-state index in [0.717, 1.165) is 44.9 Å². The van der Waals surface area contributed by atoms with Crippen LogP contribution in [0.2, 0.25) is 0 Å². The first-order valence-corrected chi connectivity index (χ1v) is 13.7. The van der Waals surface area contributed by atoms with Crippen LogP contribution in [0.15, 0.2) is 24.3 Å². The topological polar surface area (TPSA) is 134 Å². The van der Waals surface area contributed by atoms with E-state index in [1.165, 1.54) is 19.8 Å². The molecule has 0 radical (unpaired) electrons. The Bertz CT molecular complexity index is 638. The fraction of sp³-hybridized carbons (Fsp3) is 0.750. The third-order valence-electron chi connectivity index (χ3n) is 4.65. The number of allylic oxidation sites excluding steroid dienone is 4. The number of phosphoric acid groups is 1. The van der Waals surface area contributed by atoms with Crippen molar-refractivity contribution in [3.05, 3.63) is 24.3 Å². The van der Waals surface area contributed by atoms with Crippen LogP contribution >= 0.6 is 7.82 Å².